The Balaban J connectivity index is 1.63. The van der Waals surface area contributed by atoms with Gasteiger partial charge in [0.1, 0.15) is 0 Å². The molecule has 1 atom stereocenters. The topological polar surface area (TPSA) is 51.0 Å². The molecule has 0 bridgehead atoms. The molecule has 1 aliphatic heterocycles. The monoisotopic (exact) mass is 255 g/mol. The van der Waals surface area contributed by atoms with Crippen molar-refractivity contribution < 1.29 is 4.52 Å². The van der Waals surface area contributed by atoms with Crippen molar-refractivity contribution >= 4 is 5.69 Å². The summed E-state index contributed by atoms with van der Waals surface area (Å²) in [5.74, 6) is 2.40. The second kappa shape index (κ2) is 4.37. The number of hydrogen-bond donors (Lipinski definition) is 1. The second-order valence-electron chi connectivity index (χ2n) is 5.49. The molecule has 4 heteroatoms. The molecule has 1 aliphatic carbocycles. The van der Waals surface area contributed by atoms with E-state index >= 15 is 0 Å². The summed E-state index contributed by atoms with van der Waals surface area (Å²) >= 11 is 0. The maximum atomic E-state index is 5.52. The molecule has 4 nitrogen and oxygen atoms in total. The zero-order valence-corrected chi connectivity index (χ0v) is 10.8. The fourth-order valence-corrected chi connectivity index (χ4v) is 3.24. The van der Waals surface area contributed by atoms with E-state index in [0.717, 1.165) is 18.3 Å². The summed E-state index contributed by atoms with van der Waals surface area (Å²) in [5, 5.41) is 7.60. The lowest BCUT2D eigenvalue weighted by molar-refractivity contribution is 0.362. The summed E-state index contributed by atoms with van der Waals surface area (Å²) in [7, 11) is 0. The fourth-order valence-electron chi connectivity index (χ4n) is 3.24. The molecule has 4 rings (SSSR count). The van der Waals surface area contributed by atoms with Crippen molar-refractivity contribution in [1.82, 2.24) is 10.1 Å². The molecule has 2 aromatic rings. The van der Waals surface area contributed by atoms with E-state index in [1.807, 2.05) is 6.07 Å². The molecule has 98 valence electrons. The number of para-hydroxylation sites is 1. The van der Waals surface area contributed by atoms with Crippen LogP contribution in [0.4, 0.5) is 5.69 Å². The molecule has 1 N–H and O–H groups in total. The van der Waals surface area contributed by atoms with Gasteiger partial charge in [-0.2, -0.15) is 4.98 Å². The van der Waals surface area contributed by atoms with Crippen molar-refractivity contribution in [3.05, 3.63) is 41.5 Å². The van der Waals surface area contributed by atoms with Crippen LogP contribution in [0.5, 0.6) is 0 Å². The zero-order valence-electron chi connectivity index (χ0n) is 10.8. The molecular weight excluding hydrogens is 238 g/mol. The predicted molar refractivity (Wildman–Crippen MR) is 72.3 cm³/mol. The van der Waals surface area contributed by atoms with Crippen molar-refractivity contribution in [1.29, 1.82) is 0 Å². The average Bonchev–Trinajstić information content (AvgIpc) is 3.18. The van der Waals surface area contributed by atoms with E-state index in [1.165, 1.54) is 36.9 Å². The third-order valence-corrected chi connectivity index (χ3v) is 4.31. The number of nitrogens with zero attached hydrogens (tertiary/aromatic N) is 2. The highest BCUT2D eigenvalue weighted by atomic mass is 16.5. The fraction of sp³-hybridized carbons (Fsp3) is 0.467. The van der Waals surface area contributed by atoms with Crippen LogP contribution in [0, 0.1) is 0 Å². The van der Waals surface area contributed by atoms with E-state index in [0.29, 0.717) is 5.92 Å². The summed E-state index contributed by atoms with van der Waals surface area (Å²) in [6, 6.07) is 8.35. The molecule has 1 saturated carbocycles. The molecule has 1 unspecified atom stereocenters. The van der Waals surface area contributed by atoms with Gasteiger partial charge in [-0.3, -0.25) is 0 Å². The Morgan fingerprint density at radius 1 is 1.16 bits per heavy atom. The van der Waals surface area contributed by atoms with Gasteiger partial charge in [-0.1, -0.05) is 36.2 Å². The van der Waals surface area contributed by atoms with Gasteiger partial charge >= 0.3 is 0 Å². The predicted octanol–water partition coefficient (Wildman–Crippen LogP) is 3.28. The van der Waals surface area contributed by atoms with Gasteiger partial charge in [-0.05, 0) is 24.5 Å². The highest BCUT2D eigenvalue weighted by molar-refractivity contribution is 5.59. The van der Waals surface area contributed by atoms with E-state index < -0.39 is 0 Å². The molecule has 19 heavy (non-hydrogen) atoms. The number of nitrogens with one attached hydrogen (secondary N) is 1. The summed E-state index contributed by atoms with van der Waals surface area (Å²) in [4.78, 5) is 4.66. The van der Waals surface area contributed by atoms with Gasteiger partial charge in [0, 0.05) is 18.2 Å². The lowest BCUT2D eigenvalue weighted by atomic mass is 10.0. The first-order valence-corrected chi connectivity index (χ1v) is 7.08. The third-order valence-electron chi connectivity index (χ3n) is 4.31. The van der Waals surface area contributed by atoms with Gasteiger partial charge in [0.25, 0.3) is 0 Å². The van der Waals surface area contributed by atoms with Crippen molar-refractivity contribution in [2.75, 3.05) is 11.9 Å². The summed E-state index contributed by atoms with van der Waals surface area (Å²) in [6.45, 7) is 0.853. The minimum Gasteiger partial charge on any atom is -0.384 e. The van der Waals surface area contributed by atoms with Crippen molar-refractivity contribution in [2.24, 2.45) is 0 Å². The maximum Gasteiger partial charge on any atom is 0.236 e. The summed E-state index contributed by atoms with van der Waals surface area (Å²) in [6.07, 6.45) is 5.00. The number of fused-ring (bicyclic) bond motifs is 1. The molecule has 0 amide bonds. The van der Waals surface area contributed by atoms with Crippen LogP contribution < -0.4 is 5.32 Å². The highest BCUT2D eigenvalue weighted by Gasteiger charge is 2.30. The van der Waals surface area contributed by atoms with Gasteiger partial charge in [0.2, 0.25) is 5.89 Å². The number of anilines is 1. The molecule has 2 aliphatic rings. The van der Waals surface area contributed by atoms with Crippen LogP contribution in [0.25, 0.3) is 0 Å². The maximum absolute atomic E-state index is 5.52. The first kappa shape index (κ1) is 11.0. The molecule has 0 radical (unpaired) electrons. The molecule has 0 spiro atoms. The first-order valence-electron chi connectivity index (χ1n) is 7.08. The lowest BCUT2D eigenvalue weighted by Gasteiger charge is -2.03. The van der Waals surface area contributed by atoms with Gasteiger partial charge in [0.15, 0.2) is 5.82 Å². The molecular formula is C15H17N3O. The Morgan fingerprint density at radius 3 is 2.89 bits per heavy atom. The van der Waals surface area contributed by atoms with Crippen molar-refractivity contribution in [3.63, 3.8) is 0 Å². The van der Waals surface area contributed by atoms with E-state index in [-0.39, 0.29) is 5.92 Å². The summed E-state index contributed by atoms with van der Waals surface area (Å²) < 4.78 is 5.52. The Kier molecular flexibility index (Phi) is 2.53. The van der Waals surface area contributed by atoms with Crippen LogP contribution in [0.15, 0.2) is 28.8 Å². The van der Waals surface area contributed by atoms with Crippen LogP contribution >= 0.6 is 0 Å². The first-order chi connectivity index (χ1) is 9.42. The number of benzene rings is 1. The van der Waals surface area contributed by atoms with E-state index in [1.54, 1.807) is 0 Å². The smallest absolute Gasteiger partial charge is 0.236 e. The second-order valence-corrected chi connectivity index (χ2v) is 5.49. The van der Waals surface area contributed by atoms with Gasteiger partial charge in [-0.25, -0.2) is 0 Å². The minimum atomic E-state index is 0.207. The van der Waals surface area contributed by atoms with Gasteiger partial charge < -0.3 is 9.84 Å². The minimum absolute atomic E-state index is 0.207. The zero-order chi connectivity index (χ0) is 12.7. The van der Waals surface area contributed by atoms with Crippen molar-refractivity contribution in [2.45, 2.75) is 37.5 Å². The molecule has 1 aromatic carbocycles. The van der Waals surface area contributed by atoms with E-state index in [2.05, 4.69) is 33.7 Å². The van der Waals surface area contributed by atoms with Crippen molar-refractivity contribution in [3.8, 4) is 0 Å². The van der Waals surface area contributed by atoms with Crippen LogP contribution in [0.2, 0.25) is 0 Å². The highest BCUT2D eigenvalue weighted by Crippen LogP contribution is 2.37. The molecule has 0 saturated heterocycles. The Hall–Kier alpha value is -1.84. The Morgan fingerprint density at radius 2 is 2.00 bits per heavy atom. The van der Waals surface area contributed by atoms with Gasteiger partial charge in [0.05, 0.1) is 5.92 Å². The van der Waals surface area contributed by atoms with Gasteiger partial charge in [-0.15, -0.1) is 0 Å². The lowest BCUT2D eigenvalue weighted by Crippen LogP contribution is -2.04. The quantitative estimate of drug-likeness (QED) is 0.894. The Labute approximate surface area is 112 Å². The largest absolute Gasteiger partial charge is 0.384 e. The van der Waals surface area contributed by atoms with Crippen LogP contribution in [0.3, 0.4) is 0 Å². The number of rotatable bonds is 2. The SMILES string of the molecule is c1ccc2c(c1)NCC2c1nc(C2CCCC2)no1. The molecule has 2 heterocycles. The Bertz CT molecular complexity index is 587. The van der Waals surface area contributed by atoms with E-state index in [9.17, 15) is 0 Å². The normalized spacial score (nSPS) is 22.4. The van der Waals surface area contributed by atoms with Crippen LogP contribution in [-0.2, 0) is 0 Å². The number of aromatic nitrogens is 2. The van der Waals surface area contributed by atoms with Crippen LogP contribution in [0.1, 0.15) is 54.8 Å². The average molecular weight is 255 g/mol. The summed E-state index contributed by atoms with van der Waals surface area (Å²) in [5.41, 5.74) is 2.46. The molecule has 1 aromatic heterocycles. The third kappa shape index (κ3) is 1.82. The standard InChI is InChI=1S/C15H17N3O/c1-2-6-10(5-1)14-17-15(19-18-14)12-9-16-13-8-4-3-7-11(12)13/h3-4,7-8,10,12,16H,1-2,5-6,9H2. The van der Waals surface area contributed by atoms with E-state index in [4.69, 9.17) is 4.52 Å². The molecule has 1 fully saturated rings. The number of hydrogen-bond acceptors (Lipinski definition) is 4. The van der Waals surface area contributed by atoms with Crippen LogP contribution in [-0.4, -0.2) is 16.7 Å².